The van der Waals surface area contributed by atoms with Gasteiger partial charge >= 0.3 is 0 Å². The molecule has 0 unspecified atom stereocenters. The molecule has 2 amide bonds. The van der Waals surface area contributed by atoms with E-state index >= 15 is 0 Å². The summed E-state index contributed by atoms with van der Waals surface area (Å²) in [6.45, 7) is 2.13. The van der Waals surface area contributed by atoms with Crippen molar-refractivity contribution < 1.29 is 19.1 Å². The van der Waals surface area contributed by atoms with Gasteiger partial charge in [-0.1, -0.05) is 48.5 Å². The summed E-state index contributed by atoms with van der Waals surface area (Å²) >= 11 is 0. The predicted molar refractivity (Wildman–Crippen MR) is 117 cm³/mol. The SMILES string of the molecule is O=C(Nc1ccccc1C(=O)N1CCOCC1)C1c2ccccc2Oc2ccccc21. The Hall–Kier alpha value is -3.64. The minimum atomic E-state index is -0.535. The van der Waals surface area contributed by atoms with Gasteiger partial charge in [0.2, 0.25) is 5.91 Å². The van der Waals surface area contributed by atoms with Crippen LogP contribution in [-0.2, 0) is 9.53 Å². The highest BCUT2D eigenvalue weighted by Gasteiger charge is 2.33. The molecule has 2 aliphatic heterocycles. The van der Waals surface area contributed by atoms with Crippen molar-refractivity contribution in [2.75, 3.05) is 31.6 Å². The van der Waals surface area contributed by atoms with Crippen LogP contribution in [0.4, 0.5) is 5.69 Å². The molecular formula is C25H22N2O4. The second-order valence-corrected chi connectivity index (χ2v) is 7.55. The van der Waals surface area contributed by atoms with Gasteiger partial charge in [0.05, 0.1) is 30.4 Å². The minimum absolute atomic E-state index is 0.105. The molecule has 2 heterocycles. The maximum atomic E-state index is 13.5. The number of para-hydroxylation sites is 3. The van der Waals surface area contributed by atoms with Crippen molar-refractivity contribution >= 4 is 17.5 Å². The molecule has 1 saturated heterocycles. The van der Waals surface area contributed by atoms with Crippen LogP contribution < -0.4 is 10.1 Å². The summed E-state index contributed by atoms with van der Waals surface area (Å²) in [6.07, 6.45) is 0. The summed E-state index contributed by atoms with van der Waals surface area (Å²) in [7, 11) is 0. The fourth-order valence-corrected chi connectivity index (χ4v) is 4.11. The zero-order valence-electron chi connectivity index (χ0n) is 16.9. The molecule has 2 aliphatic rings. The molecule has 0 aliphatic carbocycles. The molecule has 6 nitrogen and oxygen atoms in total. The first-order valence-corrected chi connectivity index (χ1v) is 10.3. The van der Waals surface area contributed by atoms with E-state index < -0.39 is 5.92 Å². The third kappa shape index (κ3) is 3.66. The number of morpholine rings is 1. The van der Waals surface area contributed by atoms with Gasteiger partial charge in [0.15, 0.2) is 0 Å². The van der Waals surface area contributed by atoms with Crippen LogP contribution in [-0.4, -0.2) is 43.0 Å². The number of nitrogens with one attached hydrogen (secondary N) is 1. The van der Waals surface area contributed by atoms with Crippen molar-refractivity contribution in [3.05, 3.63) is 89.5 Å². The van der Waals surface area contributed by atoms with Crippen LogP contribution in [0.3, 0.4) is 0 Å². The molecule has 0 spiro atoms. The van der Waals surface area contributed by atoms with Crippen molar-refractivity contribution in [3.8, 4) is 11.5 Å². The van der Waals surface area contributed by atoms with E-state index in [9.17, 15) is 9.59 Å². The quantitative estimate of drug-likeness (QED) is 0.703. The van der Waals surface area contributed by atoms with Crippen LogP contribution in [0.1, 0.15) is 27.4 Å². The van der Waals surface area contributed by atoms with Crippen molar-refractivity contribution in [1.82, 2.24) is 4.90 Å². The van der Waals surface area contributed by atoms with Crippen molar-refractivity contribution in [2.24, 2.45) is 0 Å². The summed E-state index contributed by atoms with van der Waals surface area (Å²) in [6, 6.07) is 22.2. The van der Waals surface area contributed by atoms with Crippen LogP contribution in [0, 0.1) is 0 Å². The van der Waals surface area contributed by atoms with Crippen LogP contribution in [0.5, 0.6) is 11.5 Å². The summed E-state index contributed by atoms with van der Waals surface area (Å²) in [4.78, 5) is 28.4. The zero-order valence-corrected chi connectivity index (χ0v) is 16.9. The van der Waals surface area contributed by atoms with E-state index in [2.05, 4.69) is 5.32 Å². The largest absolute Gasteiger partial charge is 0.457 e. The van der Waals surface area contributed by atoms with Gasteiger partial charge in [0.1, 0.15) is 11.5 Å². The molecule has 156 valence electrons. The van der Waals surface area contributed by atoms with Crippen LogP contribution in [0.2, 0.25) is 0 Å². The highest BCUT2D eigenvalue weighted by Crippen LogP contribution is 2.44. The normalized spacial score (nSPS) is 15.4. The Morgan fingerprint density at radius 3 is 2.06 bits per heavy atom. The van der Waals surface area contributed by atoms with E-state index in [0.717, 1.165) is 11.1 Å². The van der Waals surface area contributed by atoms with Crippen LogP contribution >= 0.6 is 0 Å². The Kier molecular flexibility index (Phi) is 5.14. The van der Waals surface area contributed by atoms with Gasteiger partial charge in [-0.2, -0.15) is 0 Å². The smallest absolute Gasteiger partial charge is 0.256 e. The van der Waals surface area contributed by atoms with Crippen molar-refractivity contribution in [1.29, 1.82) is 0 Å². The van der Waals surface area contributed by atoms with Crippen molar-refractivity contribution in [2.45, 2.75) is 5.92 Å². The lowest BCUT2D eigenvalue weighted by Crippen LogP contribution is -2.41. The molecule has 0 atom stereocenters. The molecule has 0 aromatic heterocycles. The van der Waals surface area contributed by atoms with E-state index in [0.29, 0.717) is 49.1 Å². The van der Waals surface area contributed by atoms with Gasteiger partial charge < -0.3 is 19.7 Å². The number of ether oxygens (including phenoxy) is 2. The van der Waals surface area contributed by atoms with Gasteiger partial charge in [0, 0.05) is 24.2 Å². The van der Waals surface area contributed by atoms with E-state index in [4.69, 9.17) is 9.47 Å². The average Bonchev–Trinajstić information content (AvgIpc) is 2.83. The standard InChI is InChI=1S/C25H22N2O4/c28-24(23-18-8-2-5-11-21(18)31-22-12-6-3-9-19(22)23)26-20-10-4-1-7-17(20)25(29)27-13-15-30-16-14-27/h1-12,23H,13-16H2,(H,26,28). The minimum Gasteiger partial charge on any atom is -0.457 e. The number of hydrogen-bond acceptors (Lipinski definition) is 4. The second kappa shape index (κ2) is 8.24. The fraction of sp³-hybridized carbons (Fsp3) is 0.200. The first-order chi connectivity index (χ1) is 15.2. The summed E-state index contributed by atoms with van der Waals surface area (Å²) in [5.74, 6) is 0.489. The molecule has 0 bridgehead atoms. The second-order valence-electron chi connectivity index (χ2n) is 7.55. The molecule has 6 heteroatoms. The number of benzene rings is 3. The third-order valence-corrected chi connectivity index (χ3v) is 5.66. The average molecular weight is 414 g/mol. The molecule has 0 saturated carbocycles. The van der Waals surface area contributed by atoms with Gasteiger partial charge in [-0.3, -0.25) is 9.59 Å². The maximum Gasteiger partial charge on any atom is 0.256 e. The van der Waals surface area contributed by atoms with Gasteiger partial charge in [-0.15, -0.1) is 0 Å². The number of hydrogen-bond donors (Lipinski definition) is 1. The summed E-state index contributed by atoms with van der Waals surface area (Å²) < 4.78 is 11.3. The Balaban J connectivity index is 1.47. The predicted octanol–water partition coefficient (Wildman–Crippen LogP) is 4.04. The highest BCUT2D eigenvalue weighted by atomic mass is 16.5. The van der Waals surface area contributed by atoms with Crippen molar-refractivity contribution in [3.63, 3.8) is 0 Å². The Labute approximate surface area is 180 Å². The summed E-state index contributed by atoms with van der Waals surface area (Å²) in [5.41, 5.74) is 2.59. The van der Waals surface area contributed by atoms with E-state index in [-0.39, 0.29) is 11.8 Å². The zero-order chi connectivity index (χ0) is 21.2. The Morgan fingerprint density at radius 2 is 1.39 bits per heavy atom. The fourth-order valence-electron chi connectivity index (χ4n) is 4.11. The molecule has 1 N–H and O–H groups in total. The first kappa shape index (κ1) is 19.3. The van der Waals surface area contributed by atoms with Gasteiger partial charge in [-0.25, -0.2) is 0 Å². The lowest BCUT2D eigenvalue weighted by Gasteiger charge is -2.29. The summed E-state index contributed by atoms with van der Waals surface area (Å²) in [5, 5.41) is 3.01. The number of anilines is 1. The molecule has 31 heavy (non-hydrogen) atoms. The third-order valence-electron chi connectivity index (χ3n) is 5.66. The number of amides is 2. The molecular weight excluding hydrogens is 392 g/mol. The number of carbonyl (C=O) groups is 2. The van der Waals surface area contributed by atoms with E-state index in [1.54, 1.807) is 17.0 Å². The van der Waals surface area contributed by atoms with Gasteiger partial charge in [0.25, 0.3) is 5.91 Å². The number of rotatable bonds is 3. The number of fused-ring (bicyclic) bond motifs is 2. The maximum absolute atomic E-state index is 13.5. The Morgan fingerprint density at radius 1 is 0.806 bits per heavy atom. The Bertz CT molecular complexity index is 1090. The van der Waals surface area contributed by atoms with Crippen LogP contribution in [0.15, 0.2) is 72.8 Å². The monoisotopic (exact) mass is 414 g/mol. The molecule has 3 aromatic carbocycles. The highest BCUT2D eigenvalue weighted by molar-refractivity contribution is 6.06. The lowest BCUT2D eigenvalue weighted by atomic mass is 9.87. The van der Waals surface area contributed by atoms with E-state index in [1.165, 1.54) is 0 Å². The van der Waals surface area contributed by atoms with E-state index in [1.807, 2.05) is 60.7 Å². The molecule has 3 aromatic rings. The molecule has 0 radical (unpaired) electrons. The first-order valence-electron chi connectivity index (χ1n) is 10.3. The molecule has 1 fully saturated rings. The topological polar surface area (TPSA) is 67.9 Å². The van der Waals surface area contributed by atoms with Crippen LogP contribution in [0.25, 0.3) is 0 Å². The number of nitrogens with zero attached hydrogens (tertiary/aromatic N) is 1. The molecule has 5 rings (SSSR count). The lowest BCUT2D eigenvalue weighted by molar-refractivity contribution is -0.116. The number of carbonyl (C=O) groups excluding carboxylic acids is 2. The van der Waals surface area contributed by atoms with Gasteiger partial charge in [-0.05, 0) is 24.3 Å².